The van der Waals surface area contributed by atoms with E-state index in [0.717, 1.165) is 0 Å². The van der Waals surface area contributed by atoms with Gasteiger partial charge in [-0.05, 0) is 52.3 Å². The van der Waals surface area contributed by atoms with Crippen molar-refractivity contribution in [3.8, 4) is 11.3 Å². The van der Waals surface area contributed by atoms with Gasteiger partial charge in [-0.3, -0.25) is 9.89 Å². The summed E-state index contributed by atoms with van der Waals surface area (Å²) in [4.78, 5) is 14.8. The number of benzene rings is 2. The Morgan fingerprint density at radius 2 is 1.70 bits per heavy atom. The quantitative estimate of drug-likeness (QED) is 0.606. The summed E-state index contributed by atoms with van der Waals surface area (Å²) >= 11 is 3.29. The second-order valence-corrected chi connectivity index (χ2v) is 9.55. The van der Waals surface area contributed by atoms with Gasteiger partial charge in [0.15, 0.2) is 0 Å². The van der Waals surface area contributed by atoms with Crippen LogP contribution in [0, 0.1) is 5.82 Å². The molecule has 2 aromatic carbocycles. The summed E-state index contributed by atoms with van der Waals surface area (Å²) in [5.74, 6) is -0.616. The molecule has 7 nitrogen and oxygen atoms in total. The van der Waals surface area contributed by atoms with Crippen LogP contribution in [-0.2, 0) is 10.0 Å². The van der Waals surface area contributed by atoms with Gasteiger partial charge in [0.25, 0.3) is 5.91 Å². The summed E-state index contributed by atoms with van der Waals surface area (Å²) in [6.07, 6.45) is 1.44. The van der Waals surface area contributed by atoms with E-state index in [1.165, 1.54) is 22.6 Å². The Balaban J connectivity index is 1.49. The summed E-state index contributed by atoms with van der Waals surface area (Å²) in [5, 5.41) is 6.75. The minimum atomic E-state index is -3.66. The number of carbonyl (C=O) groups is 1. The number of aromatic amines is 1. The number of H-pyrrole nitrogens is 1. The largest absolute Gasteiger partial charge is 0.336 e. The summed E-state index contributed by atoms with van der Waals surface area (Å²) in [7, 11) is -3.66. The van der Waals surface area contributed by atoms with E-state index >= 15 is 0 Å². The lowest BCUT2D eigenvalue weighted by Crippen LogP contribution is -2.50. The van der Waals surface area contributed by atoms with Crippen LogP contribution in [0.2, 0.25) is 0 Å². The van der Waals surface area contributed by atoms with Gasteiger partial charge < -0.3 is 4.90 Å². The molecule has 3 aromatic rings. The first-order valence-corrected chi connectivity index (χ1v) is 11.4. The average Bonchev–Trinajstić information content (AvgIpc) is 3.24. The van der Waals surface area contributed by atoms with Crippen molar-refractivity contribution in [2.75, 3.05) is 26.2 Å². The number of carbonyl (C=O) groups excluding carboxylic acids is 1. The normalized spacial score (nSPS) is 15.3. The number of hydrogen-bond donors (Lipinski definition) is 1. The second kappa shape index (κ2) is 8.29. The van der Waals surface area contributed by atoms with Crippen molar-refractivity contribution in [2.24, 2.45) is 0 Å². The first-order valence-electron chi connectivity index (χ1n) is 9.21. The zero-order chi connectivity index (χ0) is 21.3. The number of aromatic nitrogens is 2. The van der Waals surface area contributed by atoms with Crippen molar-refractivity contribution < 1.29 is 17.6 Å². The van der Waals surface area contributed by atoms with E-state index in [9.17, 15) is 17.6 Å². The van der Waals surface area contributed by atoms with Gasteiger partial charge in [-0.25, -0.2) is 12.8 Å². The fourth-order valence-electron chi connectivity index (χ4n) is 3.38. The standard InChI is InChI=1S/C20H18BrFN4O3S/c21-17-3-1-2-4-18(17)30(28,29)26-11-9-25(10-12-26)20(27)16-13-23-24-19(16)14-5-7-15(22)8-6-14/h1-8,13H,9-12H2,(H,23,24). The van der Waals surface area contributed by atoms with E-state index in [1.807, 2.05) is 0 Å². The van der Waals surface area contributed by atoms with Gasteiger partial charge in [-0.15, -0.1) is 0 Å². The van der Waals surface area contributed by atoms with Crippen LogP contribution in [0.1, 0.15) is 10.4 Å². The van der Waals surface area contributed by atoms with Crippen LogP contribution in [0.5, 0.6) is 0 Å². The molecular formula is C20H18BrFN4O3S. The Morgan fingerprint density at radius 3 is 2.37 bits per heavy atom. The van der Waals surface area contributed by atoms with Gasteiger partial charge in [0.05, 0.1) is 22.3 Å². The minimum Gasteiger partial charge on any atom is -0.336 e. The third kappa shape index (κ3) is 3.90. The highest BCUT2D eigenvalue weighted by molar-refractivity contribution is 9.10. The summed E-state index contributed by atoms with van der Waals surface area (Å²) < 4.78 is 40.9. The Labute approximate surface area is 181 Å². The molecule has 4 rings (SSSR count). The lowest BCUT2D eigenvalue weighted by atomic mass is 10.1. The number of sulfonamides is 1. The number of piperazine rings is 1. The molecule has 1 aliphatic rings. The van der Waals surface area contributed by atoms with Crippen LogP contribution in [0.15, 0.2) is 64.1 Å². The minimum absolute atomic E-state index is 0.194. The summed E-state index contributed by atoms with van der Waals surface area (Å²) in [6.45, 7) is 0.908. The molecule has 30 heavy (non-hydrogen) atoms. The van der Waals surface area contributed by atoms with Gasteiger partial charge in [-0.1, -0.05) is 12.1 Å². The van der Waals surface area contributed by atoms with Gasteiger partial charge in [0, 0.05) is 36.2 Å². The van der Waals surface area contributed by atoms with Crippen molar-refractivity contribution in [1.29, 1.82) is 0 Å². The highest BCUT2D eigenvalue weighted by Gasteiger charge is 2.32. The van der Waals surface area contributed by atoms with Crippen LogP contribution in [0.3, 0.4) is 0 Å². The molecule has 0 bridgehead atoms. The highest BCUT2D eigenvalue weighted by atomic mass is 79.9. The fourth-order valence-corrected chi connectivity index (χ4v) is 5.77. The number of rotatable bonds is 4. The van der Waals surface area contributed by atoms with E-state index in [4.69, 9.17) is 0 Å². The van der Waals surface area contributed by atoms with Crippen LogP contribution >= 0.6 is 15.9 Å². The molecule has 0 unspecified atom stereocenters. The molecule has 0 atom stereocenters. The molecule has 10 heteroatoms. The zero-order valence-electron chi connectivity index (χ0n) is 15.8. The van der Waals surface area contributed by atoms with E-state index in [1.54, 1.807) is 41.3 Å². The molecule has 1 amide bonds. The molecular weight excluding hydrogens is 475 g/mol. The number of amides is 1. The summed E-state index contributed by atoms with van der Waals surface area (Å²) in [5.41, 5.74) is 1.51. The van der Waals surface area contributed by atoms with Gasteiger partial charge in [-0.2, -0.15) is 9.40 Å². The molecule has 0 spiro atoms. The molecule has 1 aromatic heterocycles. The first kappa shape index (κ1) is 20.7. The number of halogens is 2. The van der Waals surface area contributed by atoms with Crippen molar-refractivity contribution in [3.63, 3.8) is 0 Å². The zero-order valence-corrected chi connectivity index (χ0v) is 18.2. The summed E-state index contributed by atoms with van der Waals surface area (Å²) in [6, 6.07) is 12.4. The van der Waals surface area contributed by atoms with E-state index in [-0.39, 0.29) is 42.8 Å². The Morgan fingerprint density at radius 1 is 1.03 bits per heavy atom. The molecule has 1 N–H and O–H groups in total. The lowest BCUT2D eigenvalue weighted by molar-refractivity contribution is 0.0698. The predicted molar refractivity (Wildman–Crippen MR) is 113 cm³/mol. The topological polar surface area (TPSA) is 86.4 Å². The Hall–Kier alpha value is -2.56. The molecule has 0 radical (unpaired) electrons. The molecule has 0 aliphatic carbocycles. The van der Waals surface area contributed by atoms with Crippen LogP contribution in [0.25, 0.3) is 11.3 Å². The lowest BCUT2D eigenvalue weighted by Gasteiger charge is -2.34. The molecule has 1 saturated heterocycles. The number of nitrogens with one attached hydrogen (secondary N) is 1. The smallest absolute Gasteiger partial charge is 0.257 e. The van der Waals surface area contributed by atoms with Gasteiger partial charge in [0.2, 0.25) is 10.0 Å². The molecule has 2 heterocycles. The van der Waals surface area contributed by atoms with Crippen molar-refractivity contribution in [1.82, 2.24) is 19.4 Å². The Bertz CT molecular complexity index is 1170. The van der Waals surface area contributed by atoms with Crippen molar-refractivity contribution in [2.45, 2.75) is 4.90 Å². The molecule has 1 aliphatic heterocycles. The maximum atomic E-state index is 13.2. The van der Waals surface area contributed by atoms with Crippen LogP contribution < -0.4 is 0 Å². The number of hydrogen-bond acceptors (Lipinski definition) is 4. The van der Waals surface area contributed by atoms with Gasteiger partial charge >= 0.3 is 0 Å². The van der Waals surface area contributed by atoms with Crippen LogP contribution in [-0.4, -0.2) is 59.9 Å². The monoisotopic (exact) mass is 492 g/mol. The average molecular weight is 493 g/mol. The van der Waals surface area contributed by atoms with E-state index in [0.29, 0.717) is 21.3 Å². The third-order valence-electron chi connectivity index (χ3n) is 4.98. The number of nitrogens with zero attached hydrogens (tertiary/aromatic N) is 3. The Kier molecular flexibility index (Phi) is 5.72. The van der Waals surface area contributed by atoms with Gasteiger partial charge in [0.1, 0.15) is 5.82 Å². The van der Waals surface area contributed by atoms with E-state index < -0.39 is 10.0 Å². The maximum absolute atomic E-state index is 13.2. The molecule has 1 fully saturated rings. The molecule has 0 saturated carbocycles. The van der Waals surface area contributed by atoms with Crippen molar-refractivity contribution >= 4 is 31.9 Å². The predicted octanol–water partition coefficient (Wildman–Crippen LogP) is 3.13. The maximum Gasteiger partial charge on any atom is 0.257 e. The second-order valence-electron chi connectivity index (χ2n) is 6.79. The first-order chi connectivity index (χ1) is 14.4. The third-order valence-corrected chi connectivity index (χ3v) is 7.89. The fraction of sp³-hybridized carbons (Fsp3) is 0.200. The van der Waals surface area contributed by atoms with Crippen LogP contribution in [0.4, 0.5) is 4.39 Å². The van der Waals surface area contributed by atoms with Crippen molar-refractivity contribution in [3.05, 3.63) is 70.6 Å². The van der Waals surface area contributed by atoms with E-state index in [2.05, 4.69) is 26.1 Å². The SMILES string of the molecule is O=C(c1cn[nH]c1-c1ccc(F)cc1)N1CCN(S(=O)(=O)c2ccccc2Br)CC1. The molecule has 156 valence electrons. The highest BCUT2D eigenvalue weighted by Crippen LogP contribution is 2.27.